The molecule has 0 spiro atoms. The largest absolute Gasteiger partial charge is 0.473 e. The van der Waals surface area contributed by atoms with Gasteiger partial charge in [0.05, 0.1) is 23.8 Å². The van der Waals surface area contributed by atoms with Crippen LogP contribution in [-0.4, -0.2) is 36.9 Å². The number of benzene rings is 6. The highest BCUT2D eigenvalue weighted by Crippen LogP contribution is 2.42. The molecule has 64 heavy (non-hydrogen) atoms. The number of aromatic nitrogens is 2. The van der Waals surface area contributed by atoms with Gasteiger partial charge in [-0.25, -0.2) is 17.6 Å². The molecule has 0 amide bonds. The van der Waals surface area contributed by atoms with E-state index in [1.807, 2.05) is 58.6 Å². The van der Waals surface area contributed by atoms with E-state index in [1.54, 1.807) is 12.4 Å². The smallest absolute Gasteiger partial charge is 0.161 e. The maximum Gasteiger partial charge on any atom is 0.161 e. The van der Waals surface area contributed by atoms with Gasteiger partial charge < -0.3 is 38.5 Å². The van der Waals surface area contributed by atoms with E-state index in [0.29, 0.717) is 37.9 Å². The van der Waals surface area contributed by atoms with Crippen molar-refractivity contribution in [3.8, 4) is 23.0 Å². The molecule has 0 N–H and O–H groups in total. The average Bonchev–Trinajstić information content (AvgIpc) is 3.34. The van der Waals surface area contributed by atoms with E-state index in [4.69, 9.17) is 18.9 Å². The normalized spacial score (nSPS) is 15.1. The lowest BCUT2D eigenvalue weighted by Crippen LogP contribution is -2.32. The van der Waals surface area contributed by atoms with Crippen LogP contribution in [0.4, 0.5) is 40.3 Å². The maximum absolute atomic E-state index is 13.7. The standard InChI is InChI=1S/C26H18F4N2O2.C24H20N4O2/c27-21-5-3-18(9-23(21)29)31-11-16-2-1-15-8-25-17(7-20(15)26(16)34-14-31)12-32(13-33-25)19-4-6-22(28)24(30)10-19;1-3-20(11-25-7-1)27-13-18-6-5-17-10-23-19(9-22(17)24(18)30-16-27)14-28(15-29-23)21-4-2-8-26-12-21/h1-10H,11-14H2;1-12H,13-16H2. The summed E-state index contributed by atoms with van der Waals surface area (Å²) in [5.41, 5.74) is 7.32. The van der Waals surface area contributed by atoms with Crippen LogP contribution in [0.25, 0.3) is 21.5 Å². The molecule has 4 aliphatic rings. The maximum atomic E-state index is 13.7. The second-order valence-electron chi connectivity index (χ2n) is 16.0. The van der Waals surface area contributed by atoms with Gasteiger partial charge >= 0.3 is 0 Å². The lowest BCUT2D eigenvalue weighted by Gasteiger charge is -2.33. The van der Waals surface area contributed by atoms with E-state index in [-0.39, 0.29) is 13.5 Å². The fourth-order valence-electron chi connectivity index (χ4n) is 8.63. The number of anilines is 4. The third-order valence-corrected chi connectivity index (χ3v) is 12.0. The summed E-state index contributed by atoms with van der Waals surface area (Å²) in [6.45, 7) is 3.94. The van der Waals surface area contributed by atoms with E-state index < -0.39 is 23.3 Å². The minimum Gasteiger partial charge on any atom is -0.473 e. The zero-order valence-corrected chi connectivity index (χ0v) is 34.2. The van der Waals surface area contributed by atoms with Crippen LogP contribution in [0.3, 0.4) is 0 Å². The summed E-state index contributed by atoms with van der Waals surface area (Å²) in [5.74, 6) is -0.237. The molecule has 0 atom stereocenters. The molecule has 12 rings (SSSR count). The Labute approximate surface area is 365 Å². The van der Waals surface area contributed by atoms with Gasteiger partial charge in [0.1, 0.15) is 23.0 Å². The summed E-state index contributed by atoms with van der Waals surface area (Å²) in [6.07, 6.45) is 7.31. The Morgan fingerprint density at radius 2 is 0.812 bits per heavy atom. The fraction of sp³-hybridized carbons (Fsp3) is 0.160. The molecule has 0 aliphatic carbocycles. The first-order chi connectivity index (χ1) is 31.3. The van der Waals surface area contributed by atoms with Crippen LogP contribution < -0.4 is 38.5 Å². The van der Waals surface area contributed by atoms with Crippen LogP contribution in [0.15, 0.2) is 134 Å². The van der Waals surface area contributed by atoms with Gasteiger partial charge in [0, 0.05) is 95.1 Å². The first-order valence-electron chi connectivity index (χ1n) is 20.7. The molecule has 14 heteroatoms. The number of pyridine rings is 2. The zero-order valence-electron chi connectivity index (χ0n) is 34.2. The van der Waals surface area contributed by atoms with Crippen LogP contribution in [-0.2, 0) is 26.2 Å². The van der Waals surface area contributed by atoms with Crippen molar-refractivity contribution in [3.05, 3.63) is 180 Å². The molecule has 6 heterocycles. The zero-order chi connectivity index (χ0) is 43.3. The molecule has 10 nitrogen and oxygen atoms in total. The molecule has 4 aliphatic heterocycles. The molecule has 0 fully saturated rings. The van der Waals surface area contributed by atoms with Crippen molar-refractivity contribution in [1.29, 1.82) is 0 Å². The topological polar surface area (TPSA) is 75.7 Å². The Kier molecular flexibility index (Phi) is 9.90. The lowest BCUT2D eigenvalue weighted by molar-refractivity contribution is 0.288. The van der Waals surface area contributed by atoms with Gasteiger partial charge in [-0.3, -0.25) is 9.97 Å². The fourth-order valence-corrected chi connectivity index (χ4v) is 8.63. The number of ether oxygens (including phenoxy) is 4. The lowest BCUT2D eigenvalue weighted by atomic mass is 10.00. The molecule has 2 aromatic heterocycles. The molecule has 0 radical (unpaired) electrons. The Morgan fingerprint density at radius 3 is 1.23 bits per heavy atom. The van der Waals surface area contributed by atoms with E-state index in [0.717, 1.165) is 110 Å². The quantitative estimate of drug-likeness (QED) is 0.160. The monoisotopic (exact) mass is 862 g/mol. The molecule has 0 saturated carbocycles. The van der Waals surface area contributed by atoms with E-state index in [9.17, 15) is 17.6 Å². The first-order valence-corrected chi connectivity index (χ1v) is 20.7. The van der Waals surface area contributed by atoms with Crippen molar-refractivity contribution < 1.29 is 36.5 Å². The molecule has 0 saturated heterocycles. The van der Waals surface area contributed by atoms with Crippen molar-refractivity contribution in [1.82, 2.24) is 9.97 Å². The van der Waals surface area contributed by atoms with Gasteiger partial charge in [-0.1, -0.05) is 24.3 Å². The van der Waals surface area contributed by atoms with Gasteiger partial charge in [-0.2, -0.15) is 0 Å². The van der Waals surface area contributed by atoms with Crippen LogP contribution in [0.5, 0.6) is 23.0 Å². The van der Waals surface area contributed by atoms with Crippen LogP contribution in [0, 0.1) is 23.3 Å². The summed E-state index contributed by atoms with van der Waals surface area (Å²) < 4.78 is 78.3. The van der Waals surface area contributed by atoms with E-state index in [1.165, 1.54) is 17.7 Å². The molecular weight excluding hydrogens is 825 g/mol. The van der Waals surface area contributed by atoms with Crippen molar-refractivity contribution in [2.45, 2.75) is 26.2 Å². The molecule has 320 valence electrons. The van der Waals surface area contributed by atoms with Crippen LogP contribution in [0.1, 0.15) is 22.3 Å². The SMILES string of the molecule is Fc1ccc(N2COc3cc4ccc5c(c4cc3C2)OCN(c2ccc(F)c(F)c2)C5)cc1F.c1cncc(N2COc3cc4ccc5c(c4cc3C2)OCN(c2cccnc2)C5)c1. The predicted molar refractivity (Wildman–Crippen MR) is 236 cm³/mol. The van der Waals surface area contributed by atoms with Crippen LogP contribution >= 0.6 is 0 Å². The summed E-state index contributed by atoms with van der Waals surface area (Å²) >= 11 is 0. The van der Waals surface area contributed by atoms with Crippen molar-refractivity contribution in [2.24, 2.45) is 0 Å². The van der Waals surface area contributed by atoms with Gasteiger partial charge in [-0.15, -0.1) is 0 Å². The second-order valence-corrected chi connectivity index (χ2v) is 16.0. The number of rotatable bonds is 4. The van der Waals surface area contributed by atoms with Gasteiger partial charge in [0.2, 0.25) is 0 Å². The van der Waals surface area contributed by atoms with Crippen molar-refractivity contribution in [2.75, 3.05) is 46.5 Å². The molecule has 0 bridgehead atoms. The van der Waals surface area contributed by atoms with Gasteiger partial charge in [0.15, 0.2) is 50.2 Å². The van der Waals surface area contributed by atoms with E-state index in [2.05, 4.69) is 56.2 Å². The summed E-state index contributed by atoms with van der Waals surface area (Å²) in [6, 6.07) is 32.1. The Morgan fingerprint density at radius 1 is 0.391 bits per heavy atom. The van der Waals surface area contributed by atoms with E-state index >= 15 is 0 Å². The summed E-state index contributed by atoms with van der Waals surface area (Å²) in [4.78, 5) is 16.5. The van der Waals surface area contributed by atoms with Gasteiger partial charge in [0.25, 0.3) is 0 Å². The highest BCUT2D eigenvalue weighted by atomic mass is 19.2. The first kappa shape index (κ1) is 39.1. The minimum atomic E-state index is -0.908. The highest BCUT2D eigenvalue weighted by molar-refractivity contribution is 5.93. The Bertz CT molecular complexity index is 3070. The van der Waals surface area contributed by atoms with Crippen LogP contribution in [0.2, 0.25) is 0 Å². The summed E-state index contributed by atoms with van der Waals surface area (Å²) in [7, 11) is 0. The highest BCUT2D eigenvalue weighted by Gasteiger charge is 2.26. The molecule has 6 aromatic carbocycles. The molecule has 8 aromatic rings. The molecular formula is C50H38F4N6O4. The second kappa shape index (κ2) is 16.2. The number of nitrogens with zero attached hydrogens (tertiary/aromatic N) is 6. The van der Waals surface area contributed by atoms with Crippen molar-refractivity contribution >= 4 is 44.3 Å². The van der Waals surface area contributed by atoms with Crippen molar-refractivity contribution in [3.63, 3.8) is 0 Å². The third kappa shape index (κ3) is 7.40. The number of fused-ring (bicyclic) bond motifs is 8. The van der Waals surface area contributed by atoms with Gasteiger partial charge in [-0.05, 0) is 83.6 Å². The number of hydrogen-bond acceptors (Lipinski definition) is 10. The summed E-state index contributed by atoms with van der Waals surface area (Å²) in [5, 5.41) is 4.11. The Balaban J connectivity index is 0.000000144. The number of hydrogen-bond donors (Lipinski definition) is 0. The molecule has 0 unspecified atom stereocenters. The Hall–Kier alpha value is -7.74. The average molecular weight is 863 g/mol. The third-order valence-electron chi connectivity index (χ3n) is 12.0. The minimum absolute atomic E-state index is 0.186. The number of halogens is 4. The predicted octanol–water partition coefficient (Wildman–Crippen LogP) is 10.5.